The van der Waals surface area contributed by atoms with Gasteiger partial charge in [-0.25, -0.2) is 14.6 Å². The molecule has 2 heterocycles. The number of anilines is 1. The van der Waals surface area contributed by atoms with E-state index in [4.69, 9.17) is 5.11 Å². The summed E-state index contributed by atoms with van der Waals surface area (Å²) in [4.78, 5) is 30.6. The quantitative estimate of drug-likeness (QED) is 0.805. The van der Waals surface area contributed by atoms with E-state index < -0.39 is 11.9 Å². The third kappa shape index (κ3) is 3.53. The number of esters is 1. The summed E-state index contributed by atoms with van der Waals surface area (Å²) in [5.41, 5.74) is 0.974. The molecular weight excluding hydrogens is 274 g/mol. The number of hydrogen-bond acceptors (Lipinski definition) is 6. The third-order valence-electron chi connectivity index (χ3n) is 2.71. The summed E-state index contributed by atoms with van der Waals surface area (Å²) in [6, 6.07) is 6.07. The number of carbonyl (C=O) groups is 2. The van der Waals surface area contributed by atoms with Gasteiger partial charge >= 0.3 is 11.9 Å². The molecule has 0 aliphatic heterocycles. The highest BCUT2D eigenvalue weighted by atomic mass is 16.5. The number of rotatable bonds is 5. The van der Waals surface area contributed by atoms with E-state index in [-0.39, 0.29) is 12.1 Å². The number of carbonyl (C=O) groups excluding carboxylic acids is 1. The van der Waals surface area contributed by atoms with Crippen molar-refractivity contribution in [1.29, 1.82) is 0 Å². The van der Waals surface area contributed by atoms with Crippen molar-refractivity contribution in [1.82, 2.24) is 9.97 Å². The number of hydrogen-bond donors (Lipinski definition) is 2. The predicted octanol–water partition coefficient (Wildman–Crippen LogP) is 1.57. The molecule has 0 aliphatic carbocycles. The minimum Gasteiger partial charge on any atom is -0.478 e. The topological polar surface area (TPSA) is 101 Å². The van der Waals surface area contributed by atoms with Gasteiger partial charge in [0.2, 0.25) is 0 Å². The summed E-state index contributed by atoms with van der Waals surface area (Å²) >= 11 is 0. The van der Waals surface area contributed by atoms with Crippen molar-refractivity contribution in [3.8, 4) is 0 Å². The van der Waals surface area contributed by atoms with Crippen LogP contribution < -0.4 is 5.32 Å². The smallest absolute Gasteiger partial charge is 0.341 e. The predicted molar refractivity (Wildman–Crippen MR) is 74.1 cm³/mol. The molecule has 0 saturated carbocycles. The van der Waals surface area contributed by atoms with Crippen LogP contribution in [0.5, 0.6) is 0 Å². The zero-order chi connectivity index (χ0) is 15.2. The summed E-state index contributed by atoms with van der Waals surface area (Å²) in [6.45, 7) is 0.238. The number of nitrogens with one attached hydrogen (secondary N) is 1. The lowest BCUT2D eigenvalue weighted by Gasteiger charge is -2.09. The maximum Gasteiger partial charge on any atom is 0.341 e. The van der Waals surface area contributed by atoms with Gasteiger partial charge in [0.15, 0.2) is 0 Å². The van der Waals surface area contributed by atoms with Crippen LogP contribution in [0.15, 0.2) is 36.7 Å². The van der Waals surface area contributed by atoms with E-state index >= 15 is 0 Å². The highest BCUT2D eigenvalue weighted by Gasteiger charge is 2.12. The van der Waals surface area contributed by atoms with Crippen LogP contribution in [0.3, 0.4) is 0 Å². The van der Waals surface area contributed by atoms with Crippen LogP contribution in [-0.4, -0.2) is 34.1 Å². The Kier molecular flexibility index (Phi) is 4.45. The Bertz CT molecular complexity index is 673. The molecule has 0 bridgehead atoms. The van der Waals surface area contributed by atoms with Crippen molar-refractivity contribution < 1.29 is 19.4 Å². The van der Waals surface area contributed by atoms with Crippen LogP contribution in [0.1, 0.15) is 26.4 Å². The molecule has 21 heavy (non-hydrogen) atoms. The second kappa shape index (κ2) is 6.47. The Balaban J connectivity index is 2.15. The number of pyridine rings is 2. The molecule has 0 aliphatic rings. The molecule has 0 atom stereocenters. The zero-order valence-electron chi connectivity index (χ0n) is 11.2. The molecule has 0 aromatic carbocycles. The molecule has 2 aromatic heterocycles. The first-order valence-electron chi connectivity index (χ1n) is 6.07. The standard InChI is InChI=1S/C14H13N3O4/c1-21-14(20)11-3-2-5-16-12(11)17-8-10-7-9(13(18)19)4-6-15-10/h2-7H,8H2,1H3,(H,16,17)(H,18,19). The summed E-state index contributed by atoms with van der Waals surface area (Å²) in [6.07, 6.45) is 2.95. The van der Waals surface area contributed by atoms with Gasteiger partial charge in [0, 0.05) is 12.4 Å². The van der Waals surface area contributed by atoms with Gasteiger partial charge in [0.05, 0.1) is 24.9 Å². The first kappa shape index (κ1) is 14.4. The number of aromatic carboxylic acids is 1. The van der Waals surface area contributed by atoms with E-state index in [1.54, 1.807) is 12.1 Å². The molecule has 0 saturated heterocycles. The van der Waals surface area contributed by atoms with Crippen molar-refractivity contribution >= 4 is 17.8 Å². The van der Waals surface area contributed by atoms with E-state index in [1.807, 2.05) is 0 Å². The summed E-state index contributed by atoms with van der Waals surface area (Å²) < 4.78 is 4.67. The largest absolute Gasteiger partial charge is 0.478 e. The fourth-order valence-electron chi connectivity index (χ4n) is 1.70. The van der Waals surface area contributed by atoms with E-state index in [0.29, 0.717) is 17.1 Å². The van der Waals surface area contributed by atoms with Gasteiger partial charge in [-0.2, -0.15) is 0 Å². The summed E-state index contributed by atoms with van der Waals surface area (Å²) in [5.74, 6) is -1.17. The van der Waals surface area contributed by atoms with Crippen LogP contribution in [-0.2, 0) is 11.3 Å². The van der Waals surface area contributed by atoms with Gasteiger partial charge in [-0.3, -0.25) is 4.98 Å². The molecular formula is C14H13N3O4. The van der Waals surface area contributed by atoms with Gasteiger partial charge < -0.3 is 15.2 Å². The number of ether oxygens (including phenoxy) is 1. The molecule has 0 unspecified atom stereocenters. The number of methoxy groups -OCH3 is 1. The van der Waals surface area contributed by atoms with Crippen LogP contribution in [0.2, 0.25) is 0 Å². The minimum atomic E-state index is -1.02. The Morgan fingerprint density at radius 2 is 2.10 bits per heavy atom. The molecule has 0 fully saturated rings. The van der Waals surface area contributed by atoms with Crippen molar-refractivity contribution in [2.45, 2.75) is 6.54 Å². The second-order valence-corrected chi connectivity index (χ2v) is 4.09. The first-order valence-corrected chi connectivity index (χ1v) is 6.07. The SMILES string of the molecule is COC(=O)c1cccnc1NCc1cc(C(=O)O)ccn1. The highest BCUT2D eigenvalue weighted by molar-refractivity contribution is 5.94. The first-order chi connectivity index (χ1) is 10.1. The van der Waals surface area contributed by atoms with Crippen molar-refractivity contribution in [3.05, 3.63) is 53.5 Å². The Morgan fingerprint density at radius 3 is 2.81 bits per heavy atom. The molecule has 108 valence electrons. The molecule has 7 nitrogen and oxygen atoms in total. The van der Waals surface area contributed by atoms with Gasteiger partial charge in [-0.15, -0.1) is 0 Å². The average Bonchev–Trinajstić information content (AvgIpc) is 2.52. The Morgan fingerprint density at radius 1 is 1.29 bits per heavy atom. The third-order valence-corrected chi connectivity index (χ3v) is 2.71. The average molecular weight is 287 g/mol. The Labute approximate surface area is 120 Å². The number of carboxylic acid groups (broad SMARTS) is 1. The highest BCUT2D eigenvalue weighted by Crippen LogP contribution is 2.13. The minimum absolute atomic E-state index is 0.149. The number of aromatic nitrogens is 2. The van der Waals surface area contributed by atoms with Gasteiger partial charge in [0.25, 0.3) is 0 Å². The maximum atomic E-state index is 11.6. The number of carboxylic acids is 1. The van der Waals surface area contributed by atoms with Crippen molar-refractivity contribution in [2.24, 2.45) is 0 Å². The van der Waals surface area contributed by atoms with Gasteiger partial charge in [-0.1, -0.05) is 0 Å². The maximum absolute atomic E-state index is 11.6. The van der Waals surface area contributed by atoms with E-state index in [1.165, 1.54) is 31.6 Å². The van der Waals surface area contributed by atoms with Crippen LogP contribution in [0.25, 0.3) is 0 Å². The molecule has 0 amide bonds. The lowest BCUT2D eigenvalue weighted by molar-refractivity contribution is 0.0600. The Hall–Kier alpha value is -2.96. The molecule has 0 radical (unpaired) electrons. The van der Waals surface area contributed by atoms with Gasteiger partial charge in [0.1, 0.15) is 11.4 Å². The molecule has 0 spiro atoms. The second-order valence-electron chi connectivity index (χ2n) is 4.09. The molecule has 2 rings (SSSR count). The van der Waals surface area contributed by atoms with Crippen molar-refractivity contribution in [3.63, 3.8) is 0 Å². The normalized spacial score (nSPS) is 9.95. The van der Waals surface area contributed by atoms with Gasteiger partial charge in [-0.05, 0) is 24.3 Å². The van der Waals surface area contributed by atoms with Crippen LogP contribution in [0.4, 0.5) is 5.82 Å². The lowest BCUT2D eigenvalue weighted by atomic mass is 10.2. The molecule has 2 N–H and O–H groups in total. The fourth-order valence-corrected chi connectivity index (χ4v) is 1.70. The number of nitrogens with zero attached hydrogens (tertiary/aromatic N) is 2. The van der Waals surface area contributed by atoms with Crippen LogP contribution >= 0.6 is 0 Å². The lowest BCUT2D eigenvalue weighted by Crippen LogP contribution is -2.11. The fraction of sp³-hybridized carbons (Fsp3) is 0.143. The summed E-state index contributed by atoms with van der Waals surface area (Å²) in [5, 5.41) is 11.9. The monoisotopic (exact) mass is 287 g/mol. The van der Waals surface area contributed by atoms with Crippen molar-refractivity contribution in [2.75, 3.05) is 12.4 Å². The zero-order valence-corrected chi connectivity index (χ0v) is 11.2. The van der Waals surface area contributed by atoms with E-state index in [0.717, 1.165) is 0 Å². The molecule has 7 heteroatoms. The summed E-state index contributed by atoms with van der Waals surface area (Å²) in [7, 11) is 1.29. The van der Waals surface area contributed by atoms with Crippen LogP contribution in [0, 0.1) is 0 Å². The molecule has 2 aromatic rings. The van der Waals surface area contributed by atoms with E-state index in [9.17, 15) is 9.59 Å². The van der Waals surface area contributed by atoms with E-state index in [2.05, 4.69) is 20.0 Å².